The summed E-state index contributed by atoms with van der Waals surface area (Å²) in [6, 6.07) is 31.5. The highest BCUT2D eigenvalue weighted by atomic mass is 16.4. The Morgan fingerprint density at radius 1 is 0.481 bits per heavy atom. The van der Waals surface area contributed by atoms with Crippen molar-refractivity contribution in [3.05, 3.63) is 144 Å². The Hall–Kier alpha value is -7.96. The molecule has 0 aliphatic heterocycles. The zero-order valence-electron chi connectivity index (χ0n) is 26.8. The minimum atomic E-state index is 0.0822. The van der Waals surface area contributed by atoms with E-state index >= 15 is 0 Å². The third-order valence-corrected chi connectivity index (χ3v) is 7.54. The van der Waals surface area contributed by atoms with Gasteiger partial charge in [0, 0.05) is 23.6 Å². The number of nitriles is 2. The standard InChI is InChI=1S/2C20H12N2O4/c2*21-11-14-18(16-7-3-9-24-16)19(17-8-4-10-25-17)26-20(14)22-12-13-5-1-2-6-15(13)23/h2*1-10,12,23H/b2*22-12+. The van der Waals surface area contributed by atoms with E-state index in [0.29, 0.717) is 56.8 Å². The molecular formula is C40H24N4O8. The highest BCUT2D eigenvalue weighted by Gasteiger charge is 2.27. The smallest absolute Gasteiger partial charge is 0.238 e. The van der Waals surface area contributed by atoms with Gasteiger partial charge in [0.15, 0.2) is 23.0 Å². The number of rotatable bonds is 8. The third kappa shape index (κ3) is 6.54. The maximum atomic E-state index is 9.86. The Balaban J connectivity index is 0.000000162. The predicted molar refractivity (Wildman–Crippen MR) is 188 cm³/mol. The van der Waals surface area contributed by atoms with Crippen molar-refractivity contribution >= 4 is 24.2 Å². The van der Waals surface area contributed by atoms with Crippen LogP contribution in [0.1, 0.15) is 22.3 Å². The fourth-order valence-electron chi connectivity index (χ4n) is 5.15. The van der Waals surface area contributed by atoms with Crippen molar-refractivity contribution in [3.63, 3.8) is 0 Å². The zero-order valence-corrected chi connectivity index (χ0v) is 26.8. The second-order valence-electron chi connectivity index (χ2n) is 10.7. The van der Waals surface area contributed by atoms with Crippen LogP contribution in [0.25, 0.3) is 45.7 Å². The summed E-state index contributed by atoms with van der Waals surface area (Å²) in [4.78, 5) is 8.50. The molecule has 0 aliphatic carbocycles. The maximum absolute atomic E-state index is 9.86. The Morgan fingerprint density at radius 3 is 1.17 bits per heavy atom. The molecule has 6 aromatic heterocycles. The Labute approximate surface area is 294 Å². The van der Waals surface area contributed by atoms with E-state index in [4.69, 9.17) is 26.5 Å². The van der Waals surface area contributed by atoms with Crippen LogP contribution in [0, 0.1) is 22.7 Å². The molecule has 0 unspecified atom stereocenters. The van der Waals surface area contributed by atoms with Crippen molar-refractivity contribution in [1.29, 1.82) is 10.5 Å². The molecule has 0 bridgehead atoms. The molecule has 0 saturated carbocycles. The van der Waals surface area contributed by atoms with Gasteiger partial charge in [-0.2, -0.15) is 10.5 Å². The molecular weight excluding hydrogens is 664 g/mol. The third-order valence-electron chi connectivity index (χ3n) is 7.54. The second kappa shape index (κ2) is 14.7. The van der Waals surface area contributed by atoms with E-state index in [-0.39, 0.29) is 34.4 Å². The van der Waals surface area contributed by atoms with Gasteiger partial charge in [0.2, 0.25) is 11.8 Å². The summed E-state index contributed by atoms with van der Waals surface area (Å²) in [6.07, 6.45) is 8.93. The maximum Gasteiger partial charge on any atom is 0.238 e. The molecule has 0 radical (unpaired) electrons. The fraction of sp³-hybridized carbons (Fsp3) is 0. The van der Waals surface area contributed by atoms with Crippen LogP contribution >= 0.6 is 0 Å². The number of aliphatic imine (C=N–C) groups is 2. The molecule has 0 atom stereocenters. The highest BCUT2D eigenvalue weighted by molar-refractivity contribution is 5.90. The largest absolute Gasteiger partial charge is 0.507 e. The van der Waals surface area contributed by atoms with E-state index in [2.05, 4.69) is 22.1 Å². The van der Waals surface area contributed by atoms with Crippen molar-refractivity contribution in [3.8, 4) is 69.3 Å². The van der Waals surface area contributed by atoms with Crippen LogP contribution in [-0.2, 0) is 0 Å². The lowest BCUT2D eigenvalue weighted by molar-refractivity contribution is 0.474. The summed E-state index contributed by atoms with van der Waals surface area (Å²) >= 11 is 0. The topological polar surface area (TPSA) is 192 Å². The van der Waals surface area contributed by atoms with Crippen LogP contribution in [0.5, 0.6) is 11.5 Å². The minimum absolute atomic E-state index is 0.0822. The molecule has 6 heterocycles. The first kappa shape index (κ1) is 32.6. The van der Waals surface area contributed by atoms with Gasteiger partial charge in [-0.1, -0.05) is 24.3 Å². The Morgan fingerprint density at radius 2 is 0.846 bits per heavy atom. The van der Waals surface area contributed by atoms with Gasteiger partial charge >= 0.3 is 0 Å². The first-order valence-corrected chi connectivity index (χ1v) is 15.5. The molecule has 52 heavy (non-hydrogen) atoms. The molecule has 0 amide bonds. The van der Waals surface area contributed by atoms with Crippen molar-refractivity contribution in [1.82, 2.24) is 0 Å². The van der Waals surface area contributed by atoms with Gasteiger partial charge in [-0.15, -0.1) is 0 Å². The van der Waals surface area contributed by atoms with Crippen LogP contribution in [0.15, 0.2) is 159 Å². The fourth-order valence-corrected chi connectivity index (χ4v) is 5.15. The van der Waals surface area contributed by atoms with Crippen LogP contribution in [0.3, 0.4) is 0 Å². The van der Waals surface area contributed by atoms with E-state index in [0.717, 1.165) is 0 Å². The van der Waals surface area contributed by atoms with E-state index < -0.39 is 0 Å². The second-order valence-corrected chi connectivity index (χ2v) is 10.7. The number of aromatic hydroxyl groups is 2. The monoisotopic (exact) mass is 688 g/mol. The van der Waals surface area contributed by atoms with Crippen molar-refractivity contribution < 1.29 is 36.7 Å². The normalized spacial score (nSPS) is 11.0. The molecule has 0 fully saturated rings. The van der Waals surface area contributed by atoms with Gasteiger partial charge in [0.1, 0.15) is 46.3 Å². The minimum Gasteiger partial charge on any atom is -0.507 e. The molecule has 252 valence electrons. The number of nitrogens with zero attached hydrogens (tertiary/aromatic N) is 4. The molecule has 0 aliphatic rings. The molecule has 12 nitrogen and oxygen atoms in total. The molecule has 8 rings (SSSR count). The average Bonchev–Trinajstić information content (AvgIpc) is 4.02. The highest BCUT2D eigenvalue weighted by Crippen LogP contribution is 2.44. The number of hydrogen-bond donors (Lipinski definition) is 2. The molecule has 0 saturated heterocycles. The van der Waals surface area contributed by atoms with Crippen LogP contribution in [-0.4, -0.2) is 22.6 Å². The van der Waals surface area contributed by atoms with Crippen LogP contribution in [0.4, 0.5) is 11.8 Å². The molecule has 2 aromatic carbocycles. The van der Waals surface area contributed by atoms with E-state index in [1.54, 1.807) is 97.1 Å². The lowest BCUT2D eigenvalue weighted by atomic mass is 10.1. The number of para-hydroxylation sites is 2. The number of phenols is 2. The Kier molecular flexibility index (Phi) is 9.18. The summed E-state index contributed by atoms with van der Waals surface area (Å²) in [5.41, 5.74) is 2.39. The summed E-state index contributed by atoms with van der Waals surface area (Å²) < 4.78 is 33.4. The van der Waals surface area contributed by atoms with E-state index in [1.165, 1.54) is 37.5 Å². The summed E-state index contributed by atoms with van der Waals surface area (Å²) in [5, 5.41) is 39.0. The average molecular weight is 689 g/mol. The van der Waals surface area contributed by atoms with Gasteiger partial charge in [-0.3, -0.25) is 0 Å². The lowest BCUT2D eigenvalue weighted by Gasteiger charge is -1.96. The van der Waals surface area contributed by atoms with Crippen LogP contribution in [0.2, 0.25) is 0 Å². The summed E-state index contributed by atoms with van der Waals surface area (Å²) in [7, 11) is 0. The van der Waals surface area contributed by atoms with Crippen LogP contribution < -0.4 is 0 Å². The SMILES string of the molecule is N#Cc1c(/N=C/c2ccccc2O)oc(-c2ccco2)c1-c1ccco1.N#Cc1c(/N=C/c2ccccc2O)oc(-c2ccco2)c1-c1ccco1. The molecule has 2 N–H and O–H groups in total. The quantitative estimate of drug-likeness (QED) is 0.145. The van der Waals surface area contributed by atoms with Gasteiger partial charge in [-0.25, -0.2) is 9.98 Å². The zero-order chi connectivity index (χ0) is 35.9. The van der Waals surface area contributed by atoms with E-state index in [9.17, 15) is 20.7 Å². The number of phenolic OH excluding ortho intramolecular Hbond substituents is 2. The lowest BCUT2D eigenvalue weighted by Crippen LogP contribution is -1.82. The summed E-state index contributed by atoms with van der Waals surface area (Å²) in [5.74, 6) is 2.94. The van der Waals surface area contributed by atoms with Crippen molar-refractivity contribution in [2.45, 2.75) is 0 Å². The van der Waals surface area contributed by atoms with Gasteiger partial charge < -0.3 is 36.7 Å². The number of hydrogen-bond acceptors (Lipinski definition) is 12. The van der Waals surface area contributed by atoms with Gasteiger partial charge in [-0.05, 0) is 72.8 Å². The molecule has 0 spiro atoms. The first-order valence-electron chi connectivity index (χ1n) is 15.5. The summed E-state index contributed by atoms with van der Waals surface area (Å²) in [6.45, 7) is 0. The molecule has 12 heteroatoms. The molecule has 8 aromatic rings. The Bertz CT molecular complexity index is 2380. The van der Waals surface area contributed by atoms with Gasteiger partial charge in [0.25, 0.3) is 0 Å². The predicted octanol–water partition coefficient (Wildman–Crippen LogP) is 10.3. The van der Waals surface area contributed by atoms with E-state index in [1.807, 2.05) is 0 Å². The number of benzene rings is 2. The van der Waals surface area contributed by atoms with Crippen molar-refractivity contribution in [2.75, 3.05) is 0 Å². The number of furan rings is 6. The van der Waals surface area contributed by atoms with Gasteiger partial charge in [0.05, 0.1) is 36.2 Å². The first-order chi connectivity index (χ1) is 25.6. The van der Waals surface area contributed by atoms with Crippen molar-refractivity contribution in [2.24, 2.45) is 9.98 Å².